The average molecular weight is 337 g/mol. The summed E-state index contributed by atoms with van der Waals surface area (Å²) in [4.78, 5) is 37.7. The Balaban J connectivity index is 2.52. The lowest BCUT2D eigenvalue weighted by atomic mass is 9.98. The molecule has 1 N–H and O–H groups in total. The number of likely N-dealkylation sites (N-methyl/N-ethyl adjacent to an activating group) is 1. The second-order valence-corrected chi connectivity index (χ2v) is 5.90. The number of hydrogen-bond acceptors (Lipinski definition) is 4. The van der Waals surface area contributed by atoms with Crippen molar-refractivity contribution in [1.82, 2.24) is 4.90 Å². The van der Waals surface area contributed by atoms with E-state index in [0.29, 0.717) is 6.54 Å². The number of carboxylic acids is 1. The SMILES string of the molecule is CCN1C(=O)C(CC(=O)O)=C(C(=O)c2ccc(F)cc2)C1SC. The number of carbonyl (C=O) groups is 3. The van der Waals surface area contributed by atoms with Crippen molar-refractivity contribution in [1.29, 1.82) is 0 Å². The molecular formula is C16H16FNO4S. The van der Waals surface area contributed by atoms with Crippen LogP contribution in [0.4, 0.5) is 4.39 Å². The monoisotopic (exact) mass is 337 g/mol. The summed E-state index contributed by atoms with van der Waals surface area (Å²) in [5.41, 5.74) is 0.417. The largest absolute Gasteiger partial charge is 0.481 e. The molecule has 122 valence electrons. The lowest BCUT2D eigenvalue weighted by Gasteiger charge is -2.23. The van der Waals surface area contributed by atoms with Gasteiger partial charge in [0.05, 0.1) is 6.42 Å². The average Bonchev–Trinajstić information content (AvgIpc) is 2.78. The van der Waals surface area contributed by atoms with Crippen LogP contribution in [-0.2, 0) is 9.59 Å². The highest BCUT2D eigenvalue weighted by Crippen LogP contribution is 2.35. The number of halogens is 1. The summed E-state index contributed by atoms with van der Waals surface area (Å²) >= 11 is 1.29. The predicted molar refractivity (Wildman–Crippen MR) is 84.7 cm³/mol. The molecular weight excluding hydrogens is 321 g/mol. The number of hydrogen-bond donors (Lipinski definition) is 1. The quantitative estimate of drug-likeness (QED) is 0.807. The number of nitrogens with zero attached hydrogens (tertiary/aromatic N) is 1. The maximum atomic E-state index is 13.0. The van der Waals surface area contributed by atoms with Crippen LogP contribution in [0.5, 0.6) is 0 Å². The van der Waals surface area contributed by atoms with Crippen LogP contribution in [0, 0.1) is 5.82 Å². The molecule has 1 aliphatic heterocycles. The molecule has 0 spiro atoms. The number of benzene rings is 1. The van der Waals surface area contributed by atoms with Gasteiger partial charge in [-0.05, 0) is 37.4 Å². The molecule has 0 bridgehead atoms. The van der Waals surface area contributed by atoms with Gasteiger partial charge in [-0.15, -0.1) is 11.8 Å². The zero-order valence-corrected chi connectivity index (χ0v) is 13.5. The van der Waals surface area contributed by atoms with Gasteiger partial charge in [0.15, 0.2) is 5.78 Å². The summed E-state index contributed by atoms with van der Waals surface area (Å²) in [5.74, 6) is -2.51. The topological polar surface area (TPSA) is 74.7 Å². The first-order chi connectivity index (χ1) is 10.9. The van der Waals surface area contributed by atoms with Gasteiger partial charge in [-0.1, -0.05) is 0 Å². The Labute approximate surface area is 137 Å². The standard InChI is InChI=1S/C16H16FNO4S/c1-3-18-15(22)11(8-12(19)20)13(16(18)23-2)14(21)9-4-6-10(17)7-5-9/h4-7,16H,3,8H2,1-2H3,(H,19,20). The van der Waals surface area contributed by atoms with Gasteiger partial charge < -0.3 is 10.0 Å². The van der Waals surface area contributed by atoms with Crippen molar-refractivity contribution < 1.29 is 23.9 Å². The Bertz CT molecular complexity index is 684. The molecule has 1 aliphatic rings. The van der Waals surface area contributed by atoms with Gasteiger partial charge >= 0.3 is 5.97 Å². The van der Waals surface area contributed by atoms with Crippen LogP contribution in [0.2, 0.25) is 0 Å². The first kappa shape index (κ1) is 17.2. The number of aliphatic carboxylic acids is 1. The number of thioether (sulfide) groups is 1. The third-order valence-corrected chi connectivity index (χ3v) is 4.55. The molecule has 0 saturated carbocycles. The van der Waals surface area contributed by atoms with Crippen LogP contribution >= 0.6 is 11.8 Å². The van der Waals surface area contributed by atoms with E-state index in [-0.39, 0.29) is 16.7 Å². The van der Waals surface area contributed by atoms with E-state index in [1.54, 1.807) is 13.2 Å². The molecule has 0 fully saturated rings. The van der Waals surface area contributed by atoms with E-state index in [0.717, 1.165) is 12.1 Å². The summed E-state index contributed by atoms with van der Waals surface area (Å²) in [6.07, 6.45) is 1.25. The highest BCUT2D eigenvalue weighted by Gasteiger charge is 2.41. The van der Waals surface area contributed by atoms with Gasteiger partial charge in [-0.3, -0.25) is 14.4 Å². The highest BCUT2D eigenvalue weighted by molar-refractivity contribution is 7.99. The molecule has 0 aromatic heterocycles. The van der Waals surface area contributed by atoms with Crippen LogP contribution < -0.4 is 0 Å². The van der Waals surface area contributed by atoms with Gasteiger partial charge in [0.2, 0.25) is 0 Å². The Kier molecular flexibility index (Phi) is 5.20. The number of rotatable bonds is 6. The zero-order chi connectivity index (χ0) is 17.1. The maximum absolute atomic E-state index is 13.0. The molecule has 1 atom stereocenters. The van der Waals surface area contributed by atoms with Crippen molar-refractivity contribution in [2.24, 2.45) is 0 Å². The van der Waals surface area contributed by atoms with Crippen molar-refractivity contribution in [3.8, 4) is 0 Å². The third kappa shape index (κ3) is 3.29. The molecule has 0 radical (unpaired) electrons. The number of Topliss-reactive ketones (excluding diaryl/α,β-unsaturated/α-hetero) is 1. The normalized spacial score (nSPS) is 17.8. The Hall–Kier alpha value is -2.15. The van der Waals surface area contributed by atoms with Crippen molar-refractivity contribution in [2.45, 2.75) is 18.7 Å². The Morgan fingerprint density at radius 2 is 1.91 bits per heavy atom. The van der Waals surface area contributed by atoms with Gasteiger partial charge in [-0.25, -0.2) is 4.39 Å². The summed E-state index contributed by atoms with van der Waals surface area (Å²) in [5, 5.41) is 8.52. The number of carbonyl (C=O) groups excluding carboxylic acids is 2. The molecule has 0 saturated heterocycles. The first-order valence-electron chi connectivity index (χ1n) is 6.99. The van der Waals surface area contributed by atoms with E-state index >= 15 is 0 Å². The van der Waals surface area contributed by atoms with Gasteiger partial charge in [0.25, 0.3) is 5.91 Å². The predicted octanol–water partition coefficient (Wildman–Crippen LogP) is 2.33. The van der Waals surface area contributed by atoms with Crippen LogP contribution in [0.1, 0.15) is 23.7 Å². The van der Waals surface area contributed by atoms with Crippen molar-refractivity contribution in [2.75, 3.05) is 12.8 Å². The van der Waals surface area contributed by atoms with Gasteiger partial charge in [0.1, 0.15) is 11.2 Å². The van der Waals surface area contributed by atoms with Crippen LogP contribution in [0.15, 0.2) is 35.4 Å². The summed E-state index contributed by atoms with van der Waals surface area (Å²) in [7, 11) is 0. The highest BCUT2D eigenvalue weighted by atomic mass is 32.2. The van der Waals surface area contributed by atoms with Crippen molar-refractivity contribution in [3.63, 3.8) is 0 Å². The summed E-state index contributed by atoms with van der Waals surface area (Å²) < 4.78 is 13.0. The Morgan fingerprint density at radius 3 is 2.39 bits per heavy atom. The second kappa shape index (κ2) is 6.95. The third-order valence-electron chi connectivity index (χ3n) is 3.62. The number of ketones is 1. The van der Waals surface area contributed by atoms with Gasteiger partial charge in [-0.2, -0.15) is 0 Å². The fraction of sp³-hybridized carbons (Fsp3) is 0.312. The van der Waals surface area contributed by atoms with E-state index in [9.17, 15) is 18.8 Å². The molecule has 1 unspecified atom stereocenters. The molecule has 0 aliphatic carbocycles. The van der Waals surface area contributed by atoms with E-state index in [1.165, 1.54) is 28.8 Å². The Morgan fingerprint density at radius 1 is 1.30 bits per heavy atom. The van der Waals surface area contributed by atoms with Crippen LogP contribution in [0.3, 0.4) is 0 Å². The van der Waals surface area contributed by atoms with Gasteiger partial charge in [0, 0.05) is 23.3 Å². The molecule has 1 amide bonds. The molecule has 1 aromatic carbocycles. The molecule has 2 rings (SSSR count). The lowest BCUT2D eigenvalue weighted by Crippen LogP contribution is -2.34. The molecule has 1 heterocycles. The van der Waals surface area contributed by atoms with E-state index in [4.69, 9.17) is 5.11 Å². The smallest absolute Gasteiger partial charge is 0.308 e. The fourth-order valence-electron chi connectivity index (χ4n) is 2.58. The molecule has 7 heteroatoms. The van der Waals surface area contributed by atoms with E-state index in [1.807, 2.05) is 0 Å². The van der Waals surface area contributed by atoms with E-state index < -0.39 is 35.3 Å². The minimum absolute atomic E-state index is 0.00743. The lowest BCUT2D eigenvalue weighted by molar-refractivity contribution is -0.137. The maximum Gasteiger partial charge on any atom is 0.308 e. The summed E-state index contributed by atoms with van der Waals surface area (Å²) in [6, 6.07) is 4.99. The fourth-order valence-corrected chi connectivity index (χ4v) is 3.57. The molecule has 1 aromatic rings. The number of carboxylic acid groups (broad SMARTS) is 1. The zero-order valence-electron chi connectivity index (χ0n) is 12.7. The second-order valence-electron chi connectivity index (χ2n) is 4.98. The van der Waals surface area contributed by atoms with Crippen LogP contribution in [0.25, 0.3) is 0 Å². The summed E-state index contributed by atoms with van der Waals surface area (Å²) in [6.45, 7) is 2.14. The van der Waals surface area contributed by atoms with Crippen molar-refractivity contribution >= 4 is 29.4 Å². The van der Waals surface area contributed by atoms with E-state index in [2.05, 4.69) is 0 Å². The minimum atomic E-state index is -1.17. The number of amides is 1. The molecule has 23 heavy (non-hydrogen) atoms. The first-order valence-corrected chi connectivity index (χ1v) is 8.28. The molecule has 5 nitrogen and oxygen atoms in total. The minimum Gasteiger partial charge on any atom is -0.481 e. The van der Waals surface area contributed by atoms with Crippen molar-refractivity contribution in [3.05, 3.63) is 46.8 Å². The van der Waals surface area contributed by atoms with Crippen LogP contribution in [-0.4, -0.2) is 45.8 Å².